The molecule has 0 saturated carbocycles. The molecule has 0 aliphatic carbocycles. The number of nitrogens with one attached hydrogen (secondary N) is 1. The maximum absolute atomic E-state index is 13.2. The molecule has 0 aromatic heterocycles. The summed E-state index contributed by atoms with van der Waals surface area (Å²) in [5, 5.41) is 3.30. The second-order valence-electron chi connectivity index (χ2n) is 4.47. The molecule has 17 heavy (non-hydrogen) atoms. The van der Waals surface area contributed by atoms with E-state index in [1.54, 1.807) is 0 Å². The number of rotatable bonds is 6. The van der Waals surface area contributed by atoms with Gasteiger partial charge in [-0.1, -0.05) is 6.92 Å². The molecule has 1 rings (SSSR count). The number of hydrogen-bond donors (Lipinski definition) is 1. The van der Waals surface area contributed by atoms with Gasteiger partial charge < -0.3 is 10.2 Å². The number of hydrogen-bond acceptors (Lipinski definition) is 2. The summed E-state index contributed by atoms with van der Waals surface area (Å²) in [6.07, 6.45) is 0.988. The smallest absolute Gasteiger partial charge is 0.126 e. The maximum atomic E-state index is 13.2. The molecule has 2 nitrogen and oxygen atoms in total. The second-order valence-corrected chi connectivity index (χ2v) is 4.47. The van der Waals surface area contributed by atoms with E-state index < -0.39 is 11.6 Å². The molecule has 1 N–H and O–H groups in total. The summed E-state index contributed by atoms with van der Waals surface area (Å²) in [5.74, 6) is -1.05. The van der Waals surface area contributed by atoms with Crippen molar-refractivity contribution in [2.75, 3.05) is 27.2 Å². The van der Waals surface area contributed by atoms with E-state index in [1.807, 2.05) is 19.0 Å². The molecule has 0 heterocycles. The van der Waals surface area contributed by atoms with Crippen molar-refractivity contribution >= 4 is 0 Å². The Bertz CT molecular complexity index is 333. The van der Waals surface area contributed by atoms with Crippen molar-refractivity contribution in [3.05, 3.63) is 35.4 Å². The SMILES string of the molecule is CCCNC(CN(C)C)c1cc(F)cc(F)c1. The molecule has 1 aromatic carbocycles. The average molecular weight is 242 g/mol. The van der Waals surface area contributed by atoms with E-state index in [9.17, 15) is 8.78 Å². The zero-order valence-corrected chi connectivity index (χ0v) is 10.6. The fraction of sp³-hybridized carbons (Fsp3) is 0.538. The highest BCUT2D eigenvalue weighted by Crippen LogP contribution is 2.17. The van der Waals surface area contributed by atoms with E-state index in [1.165, 1.54) is 12.1 Å². The molecular formula is C13H20F2N2. The Labute approximate surface area is 102 Å². The number of nitrogens with zero attached hydrogens (tertiary/aromatic N) is 1. The Balaban J connectivity index is 2.86. The van der Waals surface area contributed by atoms with Gasteiger partial charge in [-0.25, -0.2) is 8.78 Å². The van der Waals surface area contributed by atoms with E-state index in [-0.39, 0.29) is 6.04 Å². The summed E-state index contributed by atoms with van der Waals surface area (Å²) in [6.45, 7) is 3.60. The Morgan fingerprint density at radius 3 is 2.24 bits per heavy atom. The molecule has 0 saturated heterocycles. The minimum Gasteiger partial charge on any atom is -0.309 e. The number of benzene rings is 1. The van der Waals surface area contributed by atoms with Gasteiger partial charge in [-0.2, -0.15) is 0 Å². The standard InChI is InChI=1S/C13H20F2N2/c1-4-5-16-13(9-17(2)3)10-6-11(14)8-12(15)7-10/h6-8,13,16H,4-5,9H2,1-3H3. The zero-order valence-electron chi connectivity index (χ0n) is 10.6. The molecule has 0 fully saturated rings. The molecule has 1 unspecified atom stereocenters. The molecule has 1 atom stereocenters. The van der Waals surface area contributed by atoms with Crippen molar-refractivity contribution < 1.29 is 8.78 Å². The Morgan fingerprint density at radius 2 is 1.76 bits per heavy atom. The highest BCUT2D eigenvalue weighted by atomic mass is 19.1. The second kappa shape index (κ2) is 6.67. The van der Waals surface area contributed by atoms with Crippen molar-refractivity contribution in [2.45, 2.75) is 19.4 Å². The lowest BCUT2D eigenvalue weighted by molar-refractivity contribution is 0.341. The van der Waals surface area contributed by atoms with Crippen molar-refractivity contribution in [3.8, 4) is 0 Å². The fourth-order valence-electron chi connectivity index (χ4n) is 1.75. The van der Waals surface area contributed by atoms with Crippen LogP contribution < -0.4 is 5.32 Å². The van der Waals surface area contributed by atoms with Crippen LogP contribution in [0.1, 0.15) is 24.9 Å². The Kier molecular flexibility index (Phi) is 5.51. The lowest BCUT2D eigenvalue weighted by Crippen LogP contribution is -2.31. The number of halogens is 2. The minimum absolute atomic E-state index is 0.0462. The van der Waals surface area contributed by atoms with Gasteiger partial charge in [0, 0.05) is 18.7 Å². The van der Waals surface area contributed by atoms with Crippen molar-refractivity contribution in [2.24, 2.45) is 0 Å². The van der Waals surface area contributed by atoms with Crippen LogP contribution in [0.5, 0.6) is 0 Å². The van der Waals surface area contributed by atoms with Gasteiger partial charge in [0.05, 0.1) is 0 Å². The van der Waals surface area contributed by atoms with Crippen molar-refractivity contribution in [1.29, 1.82) is 0 Å². The van der Waals surface area contributed by atoms with E-state index in [2.05, 4.69) is 12.2 Å². The summed E-state index contributed by atoms with van der Waals surface area (Å²) in [7, 11) is 3.88. The van der Waals surface area contributed by atoms with Crippen LogP contribution in [-0.2, 0) is 0 Å². The molecule has 0 radical (unpaired) electrons. The largest absolute Gasteiger partial charge is 0.309 e. The van der Waals surface area contributed by atoms with E-state index in [4.69, 9.17) is 0 Å². The molecule has 0 spiro atoms. The van der Waals surface area contributed by atoms with Gasteiger partial charge >= 0.3 is 0 Å². The summed E-state index contributed by atoms with van der Waals surface area (Å²) in [5.41, 5.74) is 0.657. The first-order valence-electron chi connectivity index (χ1n) is 5.87. The quantitative estimate of drug-likeness (QED) is 0.824. The minimum atomic E-state index is -0.526. The first kappa shape index (κ1) is 14.1. The third-order valence-corrected chi connectivity index (χ3v) is 2.48. The zero-order chi connectivity index (χ0) is 12.8. The van der Waals surface area contributed by atoms with E-state index in [0.717, 1.165) is 19.0 Å². The first-order valence-corrected chi connectivity index (χ1v) is 5.87. The van der Waals surface area contributed by atoms with Gasteiger partial charge in [-0.05, 0) is 44.8 Å². The highest BCUT2D eigenvalue weighted by molar-refractivity contribution is 5.21. The van der Waals surface area contributed by atoms with Gasteiger partial charge in [-0.3, -0.25) is 0 Å². The van der Waals surface area contributed by atoms with Crippen LogP contribution in [0.4, 0.5) is 8.78 Å². The van der Waals surface area contributed by atoms with Gasteiger partial charge in [0.15, 0.2) is 0 Å². The lowest BCUT2D eigenvalue weighted by Gasteiger charge is -2.22. The van der Waals surface area contributed by atoms with Crippen LogP contribution in [0.15, 0.2) is 18.2 Å². The lowest BCUT2D eigenvalue weighted by atomic mass is 10.1. The summed E-state index contributed by atoms with van der Waals surface area (Å²) in [4.78, 5) is 2.00. The third-order valence-electron chi connectivity index (χ3n) is 2.48. The van der Waals surface area contributed by atoms with Crippen LogP contribution in [0.25, 0.3) is 0 Å². The van der Waals surface area contributed by atoms with E-state index >= 15 is 0 Å². The van der Waals surface area contributed by atoms with Gasteiger partial charge in [0.25, 0.3) is 0 Å². The summed E-state index contributed by atoms with van der Waals surface area (Å²) >= 11 is 0. The topological polar surface area (TPSA) is 15.3 Å². The fourth-order valence-corrected chi connectivity index (χ4v) is 1.75. The maximum Gasteiger partial charge on any atom is 0.126 e. The van der Waals surface area contributed by atoms with Crippen LogP contribution in [0.2, 0.25) is 0 Å². The average Bonchev–Trinajstić information content (AvgIpc) is 2.22. The highest BCUT2D eigenvalue weighted by Gasteiger charge is 2.13. The van der Waals surface area contributed by atoms with Crippen LogP contribution >= 0.6 is 0 Å². The molecule has 0 aliphatic rings. The summed E-state index contributed by atoms with van der Waals surface area (Å²) in [6, 6.07) is 3.63. The predicted octanol–water partition coefficient (Wildman–Crippen LogP) is 2.57. The molecular weight excluding hydrogens is 222 g/mol. The van der Waals surface area contributed by atoms with Gasteiger partial charge in [0.2, 0.25) is 0 Å². The molecule has 0 aliphatic heterocycles. The number of likely N-dealkylation sites (N-methyl/N-ethyl adjacent to an activating group) is 1. The summed E-state index contributed by atoms with van der Waals surface area (Å²) < 4.78 is 26.3. The third kappa shape index (κ3) is 4.79. The first-order chi connectivity index (χ1) is 8.02. The Hall–Kier alpha value is -1.00. The molecule has 4 heteroatoms. The molecule has 1 aromatic rings. The van der Waals surface area contributed by atoms with E-state index in [0.29, 0.717) is 12.1 Å². The normalized spacial score (nSPS) is 13.1. The van der Waals surface area contributed by atoms with Crippen LogP contribution in [-0.4, -0.2) is 32.1 Å². The van der Waals surface area contributed by atoms with Gasteiger partial charge in [0.1, 0.15) is 11.6 Å². The van der Waals surface area contributed by atoms with Crippen molar-refractivity contribution in [3.63, 3.8) is 0 Å². The molecule has 0 amide bonds. The molecule has 0 bridgehead atoms. The van der Waals surface area contributed by atoms with Crippen LogP contribution in [0, 0.1) is 11.6 Å². The van der Waals surface area contributed by atoms with Crippen molar-refractivity contribution in [1.82, 2.24) is 10.2 Å². The predicted molar refractivity (Wildman–Crippen MR) is 65.9 cm³/mol. The van der Waals surface area contributed by atoms with Gasteiger partial charge in [-0.15, -0.1) is 0 Å². The Morgan fingerprint density at radius 1 is 1.18 bits per heavy atom. The monoisotopic (exact) mass is 242 g/mol. The van der Waals surface area contributed by atoms with Crippen LogP contribution in [0.3, 0.4) is 0 Å². The molecule has 96 valence electrons.